The van der Waals surface area contributed by atoms with Crippen LogP contribution in [0.4, 0.5) is 5.82 Å². The fourth-order valence-corrected chi connectivity index (χ4v) is 2.55. The summed E-state index contributed by atoms with van der Waals surface area (Å²) in [5.74, 6) is 1.41. The maximum atomic E-state index is 5.14. The zero-order valence-corrected chi connectivity index (χ0v) is 14.1. The van der Waals surface area contributed by atoms with E-state index in [2.05, 4.69) is 25.6 Å². The molecule has 0 atom stereocenters. The molecule has 0 radical (unpaired) electrons. The van der Waals surface area contributed by atoms with Gasteiger partial charge in [0.15, 0.2) is 11.5 Å². The first kappa shape index (κ1) is 15.8. The molecule has 0 unspecified atom stereocenters. The molecule has 0 spiro atoms. The van der Waals surface area contributed by atoms with Crippen LogP contribution in [0, 0.1) is 0 Å². The fourth-order valence-electron chi connectivity index (χ4n) is 2.55. The van der Waals surface area contributed by atoms with E-state index in [9.17, 15) is 0 Å². The molecule has 0 saturated carbocycles. The molecule has 4 rings (SSSR count). The number of aromatic nitrogens is 4. The van der Waals surface area contributed by atoms with Crippen LogP contribution in [0.15, 0.2) is 72.2 Å². The van der Waals surface area contributed by atoms with Gasteiger partial charge in [-0.25, -0.2) is 14.6 Å². The molecule has 128 valence electrons. The molecule has 26 heavy (non-hydrogen) atoms. The average Bonchev–Trinajstić information content (AvgIpc) is 3.14. The minimum atomic E-state index is 0.599. The van der Waals surface area contributed by atoms with E-state index in [-0.39, 0.29) is 0 Å². The van der Waals surface area contributed by atoms with Crippen LogP contribution in [0.2, 0.25) is 0 Å². The highest BCUT2D eigenvalue weighted by atomic mass is 16.5. The summed E-state index contributed by atoms with van der Waals surface area (Å²) in [4.78, 5) is 8.61. The van der Waals surface area contributed by atoms with Gasteiger partial charge < -0.3 is 4.74 Å². The van der Waals surface area contributed by atoms with E-state index in [1.54, 1.807) is 24.2 Å². The second-order valence-electron chi connectivity index (χ2n) is 5.49. The molecule has 2 aromatic carbocycles. The summed E-state index contributed by atoms with van der Waals surface area (Å²) in [5.41, 5.74) is 5.57. The molecule has 2 heterocycles. The number of hydrogen-bond acceptors (Lipinski definition) is 6. The minimum absolute atomic E-state index is 0.599. The van der Waals surface area contributed by atoms with Crippen molar-refractivity contribution in [2.45, 2.75) is 0 Å². The van der Waals surface area contributed by atoms with E-state index in [4.69, 9.17) is 4.74 Å². The standard InChI is InChI=1S/C19H16N6O/c1-26-16-9-7-14(8-10-16)11-22-24-18-17-12-23-25(19(17)21-13-20-18)15-5-3-2-4-6-15/h2-13H,1H3,(H,20,21,24)/b22-11+. The summed E-state index contributed by atoms with van der Waals surface area (Å²) in [5, 5.41) is 9.47. The van der Waals surface area contributed by atoms with Crippen LogP contribution in [-0.4, -0.2) is 33.1 Å². The lowest BCUT2D eigenvalue weighted by Gasteiger charge is -2.03. The Morgan fingerprint density at radius 3 is 2.62 bits per heavy atom. The number of anilines is 1. The number of hydrazone groups is 1. The topological polar surface area (TPSA) is 77.2 Å². The van der Waals surface area contributed by atoms with Crippen LogP contribution in [0.3, 0.4) is 0 Å². The summed E-state index contributed by atoms with van der Waals surface area (Å²) in [6, 6.07) is 17.4. The highest BCUT2D eigenvalue weighted by Crippen LogP contribution is 2.21. The van der Waals surface area contributed by atoms with Crippen molar-refractivity contribution in [3.05, 3.63) is 72.7 Å². The van der Waals surface area contributed by atoms with E-state index in [1.807, 2.05) is 54.6 Å². The van der Waals surface area contributed by atoms with Crippen molar-refractivity contribution in [2.24, 2.45) is 5.10 Å². The van der Waals surface area contributed by atoms with E-state index in [1.165, 1.54) is 6.33 Å². The molecule has 0 aliphatic rings. The maximum Gasteiger partial charge on any atom is 0.168 e. The molecule has 0 aliphatic heterocycles. The Bertz CT molecular complexity index is 1040. The molecule has 7 nitrogen and oxygen atoms in total. The van der Waals surface area contributed by atoms with Crippen molar-refractivity contribution in [3.8, 4) is 11.4 Å². The van der Waals surface area contributed by atoms with Crippen molar-refractivity contribution in [2.75, 3.05) is 12.5 Å². The van der Waals surface area contributed by atoms with Crippen molar-refractivity contribution in [1.82, 2.24) is 19.7 Å². The Morgan fingerprint density at radius 2 is 1.85 bits per heavy atom. The number of ether oxygens (including phenoxy) is 1. The van der Waals surface area contributed by atoms with E-state index < -0.39 is 0 Å². The molecule has 0 saturated heterocycles. The van der Waals surface area contributed by atoms with Crippen molar-refractivity contribution in [1.29, 1.82) is 0 Å². The highest BCUT2D eigenvalue weighted by Gasteiger charge is 2.10. The number of para-hydroxylation sites is 1. The molecule has 0 amide bonds. The highest BCUT2D eigenvalue weighted by molar-refractivity contribution is 5.88. The van der Waals surface area contributed by atoms with Crippen LogP contribution in [0.25, 0.3) is 16.7 Å². The van der Waals surface area contributed by atoms with Gasteiger partial charge in [-0.1, -0.05) is 18.2 Å². The first-order valence-corrected chi connectivity index (χ1v) is 8.02. The quantitative estimate of drug-likeness (QED) is 0.444. The molecule has 0 fully saturated rings. The predicted molar refractivity (Wildman–Crippen MR) is 101 cm³/mol. The van der Waals surface area contributed by atoms with Gasteiger partial charge in [0.1, 0.15) is 12.1 Å². The monoisotopic (exact) mass is 344 g/mol. The third-order valence-electron chi connectivity index (χ3n) is 3.87. The predicted octanol–water partition coefficient (Wildman–Crippen LogP) is 3.27. The Hall–Kier alpha value is -3.74. The number of fused-ring (bicyclic) bond motifs is 1. The van der Waals surface area contributed by atoms with Crippen LogP contribution < -0.4 is 10.2 Å². The van der Waals surface area contributed by atoms with Gasteiger partial charge in [0, 0.05) is 0 Å². The number of nitrogens with one attached hydrogen (secondary N) is 1. The summed E-state index contributed by atoms with van der Waals surface area (Å²) in [6.45, 7) is 0. The lowest BCUT2D eigenvalue weighted by molar-refractivity contribution is 0.415. The Balaban J connectivity index is 1.59. The number of nitrogens with zero attached hydrogens (tertiary/aromatic N) is 5. The first-order valence-electron chi connectivity index (χ1n) is 8.02. The van der Waals surface area contributed by atoms with E-state index in [0.717, 1.165) is 22.4 Å². The maximum absolute atomic E-state index is 5.14. The van der Waals surface area contributed by atoms with Crippen molar-refractivity contribution in [3.63, 3.8) is 0 Å². The average molecular weight is 344 g/mol. The summed E-state index contributed by atoms with van der Waals surface area (Å²) in [6.07, 6.45) is 4.94. The normalized spacial score (nSPS) is 11.1. The number of rotatable bonds is 5. The van der Waals surface area contributed by atoms with Gasteiger partial charge in [0.25, 0.3) is 0 Å². The van der Waals surface area contributed by atoms with Crippen molar-refractivity contribution < 1.29 is 4.74 Å². The summed E-state index contributed by atoms with van der Waals surface area (Å²) in [7, 11) is 1.64. The van der Waals surface area contributed by atoms with E-state index >= 15 is 0 Å². The molecule has 7 heteroatoms. The molecular formula is C19H16N6O. The second kappa shape index (κ2) is 7.02. The van der Waals surface area contributed by atoms with Crippen molar-refractivity contribution >= 4 is 23.1 Å². The second-order valence-corrected chi connectivity index (χ2v) is 5.49. The zero-order chi connectivity index (χ0) is 17.8. The Labute approximate surface area is 150 Å². The lowest BCUT2D eigenvalue weighted by Crippen LogP contribution is -1.99. The van der Waals surface area contributed by atoms with Gasteiger partial charge in [-0.3, -0.25) is 5.43 Å². The van der Waals surface area contributed by atoms with Crippen LogP contribution in [0.5, 0.6) is 5.75 Å². The smallest absolute Gasteiger partial charge is 0.168 e. The Morgan fingerprint density at radius 1 is 1.04 bits per heavy atom. The van der Waals surface area contributed by atoms with Gasteiger partial charge in [0.2, 0.25) is 0 Å². The molecule has 2 aromatic heterocycles. The fraction of sp³-hybridized carbons (Fsp3) is 0.0526. The van der Waals surface area contributed by atoms with Gasteiger partial charge in [0.05, 0.1) is 30.6 Å². The molecular weight excluding hydrogens is 328 g/mol. The lowest BCUT2D eigenvalue weighted by atomic mass is 10.2. The molecule has 0 bridgehead atoms. The molecule has 4 aromatic rings. The zero-order valence-electron chi connectivity index (χ0n) is 14.1. The van der Waals surface area contributed by atoms with Crippen LogP contribution in [0.1, 0.15) is 5.56 Å². The summed E-state index contributed by atoms with van der Waals surface area (Å²) >= 11 is 0. The van der Waals surface area contributed by atoms with Crippen LogP contribution >= 0.6 is 0 Å². The van der Waals surface area contributed by atoms with Crippen LogP contribution in [-0.2, 0) is 0 Å². The van der Waals surface area contributed by atoms with Gasteiger partial charge in [-0.05, 0) is 42.0 Å². The largest absolute Gasteiger partial charge is 0.497 e. The van der Waals surface area contributed by atoms with Gasteiger partial charge in [-0.15, -0.1) is 0 Å². The molecule has 1 N–H and O–H groups in total. The number of methoxy groups -OCH3 is 1. The van der Waals surface area contributed by atoms with E-state index in [0.29, 0.717) is 11.5 Å². The SMILES string of the molecule is COc1ccc(/C=N/Nc2ncnc3c2cnn3-c2ccccc2)cc1. The third-order valence-corrected chi connectivity index (χ3v) is 3.87. The Kier molecular flexibility index (Phi) is 4.26. The first-order chi connectivity index (χ1) is 12.8. The van der Waals surface area contributed by atoms with Gasteiger partial charge >= 0.3 is 0 Å². The summed E-state index contributed by atoms with van der Waals surface area (Å²) < 4.78 is 6.92. The number of benzene rings is 2. The third kappa shape index (κ3) is 3.10. The molecule has 0 aliphatic carbocycles. The van der Waals surface area contributed by atoms with Gasteiger partial charge in [-0.2, -0.15) is 10.2 Å². The minimum Gasteiger partial charge on any atom is -0.497 e. The number of hydrogen-bond donors (Lipinski definition) is 1.